The number of rotatable bonds is 2. The maximum Gasteiger partial charge on any atom is 0.284 e. The zero-order valence-corrected chi connectivity index (χ0v) is 10.5. The fourth-order valence-electron chi connectivity index (χ4n) is 2.01. The predicted molar refractivity (Wildman–Crippen MR) is 60.7 cm³/mol. The van der Waals surface area contributed by atoms with Gasteiger partial charge >= 0.3 is 0 Å². The van der Waals surface area contributed by atoms with Crippen LogP contribution in [0.25, 0.3) is 0 Å². The average molecular weight is 258 g/mol. The summed E-state index contributed by atoms with van der Waals surface area (Å²) in [6.45, 7) is 0.610. The van der Waals surface area contributed by atoms with Gasteiger partial charge in [-0.1, -0.05) is 0 Å². The standard InChI is InChI=1S/C9H14N4O3S/c1-12-7-3-4-13(17(2,15)16)5-6(7)11-9(12)8(10)14/h3-5H2,1-2H3,(H2,10,14). The van der Waals surface area contributed by atoms with Crippen molar-refractivity contribution in [1.29, 1.82) is 0 Å². The molecule has 7 nitrogen and oxygen atoms in total. The molecule has 2 rings (SSSR count). The van der Waals surface area contributed by atoms with Gasteiger partial charge in [-0.25, -0.2) is 13.4 Å². The Morgan fingerprint density at radius 1 is 1.47 bits per heavy atom. The smallest absolute Gasteiger partial charge is 0.284 e. The van der Waals surface area contributed by atoms with E-state index in [0.29, 0.717) is 18.7 Å². The molecule has 0 aliphatic carbocycles. The van der Waals surface area contributed by atoms with Crippen LogP contribution in [0.4, 0.5) is 0 Å². The number of nitrogens with zero attached hydrogens (tertiary/aromatic N) is 3. The van der Waals surface area contributed by atoms with Crippen molar-refractivity contribution < 1.29 is 13.2 Å². The number of primary amides is 1. The Hall–Kier alpha value is -1.41. The molecule has 0 aromatic carbocycles. The van der Waals surface area contributed by atoms with Crippen LogP contribution in [0, 0.1) is 0 Å². The Bertz CT molecular complexity index is 575. The highest BCUT2D eigenvalue weighted by Gasteiger charge is 2.28. The number of aromatic nitrogens is 2. The van der Waals surface area contributed by atoms with Gasteiger partial charge in [0.05, 0.1) is 18.5 Å². The molecular weight excluding hydrogens is 244 g/mol. The molecule has 1 aromatic rings. The van der Waals surface area contributed by atoms with Crippen molar-refractivity contribution in [3.8, 4) is 0 Å². The summed E-state index contributed by atoms with van der Waals surface area (Å²) in [5, 5.41) is 0. The summed E-state index contributed by atoms with van der Waals surface area (Å²) in [5.74, 6) is -0.432. The largest absolute Gasteiger partial charge is 0.363 e. The summed E-state index contributed by atoms with van der Waals surface area (Å²) in [6, 6.07) is 0. The van der Waals surface area contributed by atoms with Crippen LogP contribution in [0.15, 0.2) is 0 Å². The van der Waals surface area contributed by atoms with Crippen molar-refractivity contribution in [2.45, 2.75) is 13.0 Å². The molecule has 1 aromatic heterocycles. The van der Waals surface area contributed by atoms with E-state index < -0.39 is 15.9 Å². The van der Waals surface area contributed by atoms with Crippen LogP contribution in [0.5, 0.6) is 0 Å². The van der Waals surface area contributed by atoms with Gasteiger partial charge < -0.3 is 10.3 Å². The lowest BCUT2D eigenvalue weighted by atomic mass is 10.2. The lowest BCUT2D eigenvalue weighted by Crippen LogP contribution is -2.35. The molecule has 1 aliphatic heterocycles. The van der Waals surface area contributed by atoms with Crippen LogP contribution in [0.2, 0.25) is 0 Å². The third-order valence-electron chi connectivity index (χ3n) is 2.91. The van der Waals surface area contributed by atoms with Crippen molar-refractivity contribution in [3.63, 3.8) is 0 Å². The first-order chi connectivity index (χ1) is 7.80. The zero-order valence-electron chi connectivity index (χ0n) is 9.67. The predicted octanol–water partition coefficient (Wildman–Crippen LogP) is -1.16. The topological polar surface area (TPSA) is 98.3 Å². The molecule has 1 aliphatic rings. The Morgan fingerprint density at radius 2 is 2.12 bits per heavy atom. The molecule has 0 unspecified atom stereocenters. The van der Waals surface area contributed by atoms with E-state index >= 15 is 0 Å². The monoisotopic (exact) mass is 258 g/mol. The molecule has 1 amide bonds. The van der Waals surface area contributed by atoms with Gasteiger partial charge in [-0.3, -0.25) is 4.79 Å². The molecule has 0 fully saturated rings. The van der Waals surface area contributed by atoms with E-state index in [1.165, 1.54) is 4.31 Å². The van der Waals surface area contributed by atoms with Crippen molar-refractivity contribution in [2.24, 2.45) is 12.8 Å². The van der Waals surface area contributed by atoms with Gasteiger partial charge in [0.2, 0.25) is 10.0 Å². The first-order valence-electron chi connectivity index (χ1n) is 5.10. The van der Waals surface area contributed by atoms with Crippen molar-refractivity contribution in [3.05, 3.63) is 17.2 Å². The minimum absolute atomic E-state index is 0.172. The van der Waals surface area contributed by atoms with Crippen LogP contribution in [0.3, 0.4) is 0 Å². The zero-order chi connectivity index (χ0) is 12.8. The van der Waals surface area contributed by atoms with E-state index in [1.807, 2.05) is 0 Å². The van der Waals surface area contributed by atoms with Gasteiger partial charge in [-0.2, -0.15) is 4.31 Å². The molecule has 2 N–H and O–H groups in total. The lowest BCUT2D eigenvalue weighted by molar-refractivity contribution is 0.0987. The maximum atomic E-state index is 11.4. The van der Waals surface area contributed by atoms with E-state index in [9.17, 15) is 13.2 Å². The Balaban J connectivity index is 2.40. The minimum atomic E-state index is -3.22. The third kappa shape index (κ3) is 2.05. The van der Waals surface area contributed by atoms with Gasteiger partial charge in [-0.15, -0.1) is 0 Å². The molecule has 0 atom stereocenters. The van der Waals surface area contributed by atoms with Gasteiger partial charge in [0.1, 0.15) is 0 Å². The van der Waals surface area contributed by atoms with Crippen LogP contribution in [-0.2, 0) is 30.0 Å². The summed E-state index contributed by atoms with van der Waals surface area (Å²) in [7, 11) is -1.51. The van der Waals surface area contributed by atoms with Crippen LogP contribution in [0.1, 0.15) is 22.0 Å². The summed E-state index contributed by atoms with van der Waals surface area (Å²) >= 11 is 0. The van der Waals surface area contributed by atoms with Crippen LogP contribution < -0.4 is 5.73 Å². The fraction of sp³-hybridized carbons (Fsp3) is 0.556. The first kappa shape index (κ1) is 12.1. The molecule has 17 heavy (non-hydrogen) atoms. The van der Waals surface area contributed by atoms with E-state index in [-0.39, 0.29) is 12.4 Å². The van der Waals surface area contributed by atoms with E-state index in [2.05, 4.69) is 4.98 Å². The normalized spacial score (nSPS) is 16.8. The molecule has 0 saturated heterocycles. The van der Waals surface area contributed by atoms with E-state index in [4.69, 9.17) is 5.73 Å². The summed E-state index contributed by atoms with van der Waals surface area (Å²) in [4.78, 5) is 15.2. The maximum absolute atomic E-state index is 11.4. The third-order valence-corrected chi connectivity index (χ3v) is 4.16. The molecule has 94 valence electrons. The number of hydrogen-bond donors (Lipinski definition) is 1. The molecular formula is C9H14N4O3S. The second-order valence-corrected chi connectivity index (χ2v) is 6.08. The summed E-state index contributed by atoms with van der Waals surface area (Å²) in [6.07, 6.45) is 1.70. The highest BCUT2D eigenvalue weighted by atomic mass is 32.2. The van der Waals surface area contributed by atoms with E-state index in [1.54, 1.807) is 11.6 Å². The second-order valence-electron chi connectivity index (χ2n) is 4.10. The van der Waals surface area contributed by atoms with Gasteiger partial charge in [-0.05, 0) is 0 Å². The van der Waals surface area contributed by atoms with Crippen molar-refractivity contribution in [1.82, 2.24) is 13.9 Å². The number of carbonyl (C=O) groups is 1. The van der Waals surface area contributed by atoms with Crippen molar-refractivity contribution >= 4 is 15.9 Å². The van der Waals surface area contributed by atoms with Crippen LogP contribution in [-0.4, -0.2) is 41.0 Å². The number of hydrogen-bond acceptors (Lipinski definition) is 4. The molecule has 0 bridgehead atoms. The number of fused-ring (bicyclic) bond motifs is 1. The molecule has 0 spiro atoms. The Morgan fingerprint density at radius 3 is 2.65 bits per heavy atom. The Labute approximate surface area is 99.3 Å². The highest BCUT2D eigenvalue weighted by Crippen LogP contribution is 2.20. The van der Waals surface area contributed by atoms with Crippen LogP contribution >= 0.6 is 0 Å². The summed E-state index contributed by atoms with van der Waals surface area (Å²) < 4.78 is 25.8. The number of nitrogens with two attached hydrogens (primary N) is 1. The molecule has 0 saturated carbocycles. The number of amides is 1. The Kier molecular flexibility index (Phi) is 2.70. The number of sulfonamides is 1. The van der Waals surface area contributed by atoms with Gasteiger partial charge in [0.15, 0.2) is 5.82 Å². The lowest BCUT2D eigenvalue weighted by Gasteiger charge is -2.24. The molecule has 2 heterocycles. The highest BCUT2D eigenvalue weighted by molar-refractivity contribution is 7.88. The van der Waals surface area contributed by atoms with Crippen molar-refractivity contribution in [2.75, 3.05) is 12.8 Å². The minimum Gasteiger partial charge on any atom is -0.363 e. The first-order valence-corrected chi connectivity index (χ1v) is 6.95. The fourth-order valence-corrected chi connectivity index (χ4v) is 2.79. The summed E-state index contributed by atoms with van der Waals surface area (Å²) in [5.41, 5.74) is 6.68. The quantitative estimate of drug-likeness (QED) is 0.723. The number of carbonyl (C=O) groups excluding carboxylic acids is 1. The van der Waals surface area contributed by atoms with E-state index in [0.717, 1.165) is 11.9 Å². The number of imidazole rings is 1. The average Bonchev–Trinajstić information content (AvgIpc) is 2.54. The second kappa shape index (κ2) is 3.81. The SMILES string of the molecule is Cn1c(C(N)=O)nc2c1CCN(S(C)(=O)=O)C2. The van der Waals surface area contributed by atoms with Gasteiger partial charge in [0, 0.05) is 25.7 Å². The molecule has 8 heteroatoms. The van der Waals surface area contributed by atoms with Gasteiger partial charge in [0.25, 0.3) is 5.91 Å². The molecule has 0 radical (unpaired) electrons.